The smallest absolute Gasteiger partial charge is 0.238 e. The van der Waals surface area contributed by atoms with E-state index in [9.17, 15) is 9.59 Å². The van der Waals surface area contributed by atoms with Crippen molar-refractivity contribution in [1.82, 2.24) is 15.1 Å². The number of likely N-dealkylation sites (N-methyl/N-ethyl adjacent to an activating group) is 1. The molecule has 2 fully saturated rings. The first-order valence-corrected chi connectivity index (χ1v) is 8.33. The van der Waals surface area contributed by atoms with Crippen molar-refractivity contribution in [3.05, 3.63) is 35.4 Å². The summed E-state index contributed by atoms with van der Waals surface area (Å²) < 4.78 is 0. The Morgan fingerprint density at radius 2 is 1.70 bits per heavy atom. The molecule has 1 saturated heterocycles. The largest absolute Gasteiger partial charge is 0.351 e. The van der Waals surface area contributed by atoms with Gasteiger partial charge in [0.1, 0.15) is 5.41 Å². The van der Waals surface area contributed by atoms with Crippen molar-refractivity contribution >= 4 is 11.8 Å². The SMILES string of the molecule is Cc1ccc(CNC(=O)C2(C(=O)N3CCN(C)CC3)CC2)cc1. The van der Waals surface area contributed by atoms with Crippen LogP contribution in [-0.2, 0) is 16.1 Å². The lowest BCUT2D eigenvalue weighted by Gasteiger charge is -2.34. The third-order valence-electron chi connectivity index (χ3n) is 4.96. The van der Waals surface area contributed by atoms with Gasteiger partial charge in [-0.2, -0.15) is 0 Å². The van der Waals surface area contributed by atoms with Crippen molar-refractivity contribution in [3.8, 4) is 0 Å². The fourth-order valence-corrected chi connectivity index (χ4v) is 3.03. The Balaban J connectivity index is 1.57. The van der Waals surface area contributed by atoms with Gasteiger partial charge in [0.15, 0.2) is 0 Å². The number of nitrogens with one attached hydrogen (secondary N) is 1. The van der Waals surface area contributed by atoms with Crippen LogP contribution in [0.4, 0.5) is 0 Å². The number of nitrogens with zero attached hydrogens (tertiary/aromatic N) is 2. The van der Waals surface area contributed by atoms with E-state index in [0.29, 0.717) is 19.4 Å². The van der Waals surface area contributed by atoms with Gasteiger partial charge in [-0.15, -0.1) is 0 Å². The molecule has 0 atom stereocenters. The summed E-state index contributed by atoms with van der Waals surface area (Å²) in [6.07, 6.45) is 1.36. The molecule has 1 saturated carbocycles. The molecule has 1 N–H and O–H groups in total. The van der Waals surface area contributed by atoms with E-state index >= 15 is 0 Å². The van der Waals surface area contributed by atoms with Crippen LogP contribution in [-0.4, -0.2) is 54.8 Å². The maximum atomic E-state index is 12.7. The number of piperazine rings is 1. The average Bonchev–Trinajstić information content (AvgIpc) is 3.36. The van der Waals surface area contributed by atoms with E-state index in [0.717, 1.165) is 31.7 Å². The predicted molar refractivity (Wildman–Crippen MR) is 88.8 cm³/mol. The fraction of sp³-hybridized carbons (Fsp3) is 0.556. The number of rotatable bonds is 4. The summed E-state index contributed by atoms with van der Waals surface area (Å²) in [4.78, 5) is 29.3. The minimum atomic E-state index is -0.791. The highest BCUT2D eigenvalue weighted by molar-refractivity contribution is 6.07. The summed E-state index contributed by atoms with van der Waals surface area (Å²) in [5, 5.41) is 2.95. The van der Waals surface area contributed by atoms with Crippen molar-refractivity contribution in [2.75, 3.05) is 33.2 Å². The molecule has 2 amide bonds. The zero-order valence-corrected chi connectivity index (χ0v) is 14.0. The second-order valence-corrected chi connectivity index (χ2v) is 6.85. The molecule has 0 aromatic heterocycles. The molecule has 1 heterocycles. The summed E-state index contributed by atoms with van der Waals surface area (Å²) in [5.74, 6) is -0.0889. The molecule has 0 radical (unpaired) electrons. The van der Waals surface area contributed by atoms with Crippen LogP contribution in [0.25, 0.3) is 0 Å². The van der Waals surface area contributed by atoms with Crippen molar-refractivity contribution in [2.24, 2.45) is 5.41 Å². The monoisotopic (exact) mass is 315 g/mol. The van der Waals surface area contributed by atoms with Gasteiger partial charge in [-0.05, 0) is 32.4 Å². The van der Waals surface area contributed by atoms with Crippen LogP contribution < -0.4 is 5.32 Å². The fourth-order valence-electron chi connectivity index (χ4n) is 3.03. The second kappa shape index (κ2) is 6.32. The highest BCUT2D eigenvalue weighted by Crippen LogP contribution is 2.47. The normalized spacial score (nSPS) is 20.2. The molecule has 3 rings (SSSR count). The van der Waals surface area contributed by atoms with Crippen LogP contribution in [0.1, 0.15) is 24.0 Å². The first-order chi connectivity index (χ1) is 11.0. The summed E-state index contributed by atoms with van der Waals surface area (Å²) in [6, 6.07) is 8.09. The van der Waals surface area contributed by atoms with E-state index in [1.54, 1.807) is 0 Å². The van der Waals surface area contributed by atoms with Crippen molar-refractivity contribution in [1.29, 1.82) is 0 Å². The molecule has 2 aliphatic rings. The zero-order chi connectivity index (χ0) is 16.4. The Hall–Kier alpha value is -1.88. The van der Waals surface area contributed by atoms with E-state index in [1.807, 2.05) is 36.1 Å². The van der Waals surface area contributed by atoms with E-state index < -0.39 is 5.41 Å². The quantitative estimate of drug-likeness (QED) is 0.849. The molecule has 5 nitrogen and oxygen atoms in total. The first-order valence-electron chi connectivity index (χ1n) is 8.33. The van der Waals surface area contributed by atoms with Gasteiger partial charge in [0.2, 0.25) is 11.8 Å². The lowest BCUT2D eigenvalue weighted by molar-refractivity contribution is -0.145. The van der Waals surface area contributed by atoms with Gasteiger partial charge in [-0.25, -0.2) is 0 Å². The van der Waals surface area contributed by atoms with Crippen LogP contribution in [0, 0.1) is 12.3 Å². The zero-order valence-electron chi connectivity index (χ0n) is 14.0. The highest BCUT2D eigenvalue weighted by atomic mass is 16.2. The predicted octanol–water partition coefficient (Wildman–Crippen LogP) is 1.17. The summed E-state index contributed by atoms with van der Waals surface area (Å²) >= 11 is 0. The van der Waals surface area contributed by atoms with E-state index in [1.165, 1.54) is 5.56 Å². The van der Waals surface area contributed by atoms with E-state index in [-0.39, 0.29) is 11.8 Å². The van der Waals surface area contributed by atoms with Gasteiger partial charge in [0.05, 0.1) is 0 Å². The first kappa shape index (κ1) is 16.0. The highest BCUT2D eigenvalue weighted by Gasteiger charge is 2.57. The number of hydrogen-bond acceptors (Lipinski definition) is 3. The number of hydrogen-bond donors (Lipinski definition) is 1. The van der Waals surface area contributed by atoms with Gasteiger partial charge in [-0.1, -0.05) is 29.8 Å². The lowest BCUT2D eigenvalue weighted by Crippen LogP contribution is -2.52. The molecule has 1 aromatic rings. The van der Waals surface area contributed by atoms with Gasteiger partial charge >= 0.3 is 0 Å². The molecule has 0 unspecified atom stereocenters. The Morgan fingerprint density at radius 3 is 2.26 bits per heavy atom. The van der Waals surface area contributed by atoms with Gasteiger partial charge in [0, 0.05) is 32.7 Å². The Bertz CT molecular complexity index is 585. The van der Waals surface area contributed by atoms with Crippen LogP contribution in [0.15, 0.2) is 24.3 Å². The lowest BCUT2D eigenvalue weighted by atomic mass is 10.0. The maximum Gasteiger partial charge on any atom is 0.238 e. The average molecular weight is 315 g/mol. The standard InChI is InChI=1S/C18H25N3O2/c1-14-3-5-15(6-4-14)13-19-16(22)18(7-8-18)17(23)21-11-9-20(2)10-12-21/h3-6H,7-13H2,1-2H3,(H,19,22). The molecular weight excluding hydrogens is 290 g/mol. The molecule has 1 aliphatic carbocycles. The Morgan fingerprint density at radius 1 is 1.09 bits per heavy atom. The minimum absolute atomic E-state index is 0.0204. The topological polar surface area (TPSA) is 52.7 Å². The van der Waals surface area contributed by atoms with Crippen molar-refractivity contribution < 1.29 is 9.59 Å². The molecule has 0 spiro atoms. The summed E-state index contributed by atoms with van der Waals surface area (Å²) in [6.45, 7) is 5.73. The maximum absolute atomic E-state index is 12.7. The van der Waals surface area contributed by atoms with Gasteiger partial charge in [-0.3, -0.25) is 9.59 Å². The third kappa shape index (κ3) is 3.39. The van der Waals surface area contributed by atoms with E-state index in [2.05, 4.69) is 17.3 Å². The molecule has 0 bridgehead atoms. The van der Waals surface area contributed by atoms with Crippen LogP contribution >= 0.6 is 0 Å². The van der Waals surface area contributed by atoms with Crippen LogP contribution in [0.2, 0.25) is 0 Å². The van der Waals surface area contributed by atoms with Gasteiger partial charge in [0.25, 0.3) is 0 Å². The molecule has 1 aliphatic heterocycles. The number of amides is 2. The molecule has 5 heteroatoms. The van der Waals surface area contributed by atoms with Crippen LogP contribution in [0.5, 0.6) is 0 Å². The Labute approximate surface area is 137 Å². The van der Waals surface area contributed by atoms with Gasteiger partial charge < -0.3 is 15.1 Å². The number of aryl methyl sites for hydroxylation is 1. The van der Waals surface area contributed by atoms with Crippen LogP contribution in [0.3, 0.4) is 0 Å². The molecule has 1 aromatic carbocycles. The summed E-state index contributed by atoms with van der Waals surface area (Å²) in [7, 11) is 2.06. The van der Waals surface area contributed by atoms with E-state index in [4.69, 9.17) is 0 Å². The number of benzene rings is 1. The third-order valence-corrected chi connectivity index (χ3v) is 4.96. The minimum Gasteiger partial charge on any atom is -0.351 e. The van der Waals surface area contributed by atoms with Crippen molar-refractivity contribution in [2.45, 2.75) is 26.3 Å². The molecule has 23 heavy (non-hydrogen) atoms. The Kier molecular flexibility index (Phi) is 4.39. The number of carbonyl (C=O) groups excluding carboxylic acids is 2. The summed E-state index contributed by atoms with van der Waals surface area (Å²) in [5.41, 5.74) is 1.47. The second-order valence-electron chi connectivity index (χ2n) is 6.85. The number of carbonyl (C=O) groups is 2. The molecular formula is C18H25N3O2. The van der Waals surface area contributed by atoms with Crippen molar-refractivity contribution in [3.63, 3.8) is 0 Å². The molecule has 124 valence electrons.